The van der Waals surface area contributed by atoms with Gasteiger partial charge in [-0.15, -0.1) is 25.3 Å². The minimum absolute atomic E-state index is 0.368. The summed E-state index contributed by atoms with van der Waals surface area (Å²) in [5.74, 6) is -0.430. The second-order valence-corrected chi connectivity index (χ2v) is 4.45. The largest absolute Gasteiger partial charge is 0.441 e. The summed E-state index contributed by atoms with van der Waals surface area (Å²) < 4.78 is 5.15. The summed E-state index contributed by atoms with van der Waals surface area (Å²) in [6.45, 7) is 5.11. The Morgan fingerprint density at radius 2 is 2.36 bits per heavy atom. The molecule has 1 atom stereocenters. The molecule has 76 valence electrons. The van der Waals surface area contributed by atoms with Gasteiger partial charge in [0.1, 0.15) is 0 Å². The minimum atomic E-state index is -0.859. The molecule has 0 bridgehead atoms. The molecule has 0 saturated carbocycles. The van der Waals surface area contributed by atoms with Gasteiger partial charge in [-0.05, 0) is 19.1 Å². The van der Waals surface area contributed by atoms with Crippen LogP contribution >= 0.6 is 25.3 Å². The third-order valence-electron chi connectivity index (χ3n) is 1.74. The smallest absolute Gasteiger partial charge is 0.334 e. The molecule has 14 heavy (non-hydrogen) atoms. The van der Waals surface area contributed by atoms with Gasteiger partial charge in [0.05, 0.1) is 0 Å². The van der Waals surface area contributed by atoms with E-state index in [1.165, 1.54) is 0 Å². The summed E-state index contributed by atoms with van der Waals surface area (Å²) in [5, 5.41) is 0. The van der Waals surface area contributed by atoms with E-state index >= 15 is 0 Å². The first kappa shape index (κ1) is 11.5. The van der Waals surface area contributed by atoms with Crippen LogP contribution < -0.4 is 0 Å². The predicted octanol–water partition coefficient (Wildman–Crippen LogP) is 2.51. The van der Waals surface area contributed by atoms with E-state index in [2.05, 4.69) is 31.8 Å². The minimum Gasteiger partial charge on any atom is -0.441 e. The summed E-state index contributed by atoms with van der Waals surface area (Å²) in [5.41, 5.74) is 0.368. The van der Waals surface area contributed by atoms with Gasteiger partial charge in [0.15, 0.2) is 4.93 Å². The molecule has 0 aliphatic heterocycles. The second kappa shape index (κ2) is 4.28. The van der Waals surface area contributed by atoms with Crippen LogP contribution in [0.15, 0.2) is 35.3 Å². The fraction of sp³-hybridized carbons (Fsp3) is 0.300. The predicted molar refractivity (Wildman–Crippen MR) is 63.4 cm³/mol. The van der Waals surface area contributed by atoms with E-state index in [9.17, 15) is 4.79 Å². The third-order valence-corrected chi connectivity index (χ3v) is 2.49. The van der Waals surface area contributed by atoms with Crippen LogP contribution in [0.25, 0.3) is 0 Å². The number of allylic oxidation sites excluding steroid dienone is 1. The molecule has 2 nitrogen and oxygen atoms in total. The van der Waals surface area contributed by atoms with Gasteiger partial charge in [0.25, 0.3) is 0 Å². The van der Waals surface area contributed by atoms with Crippen molar-refractivity contribution >= 4 is 31.2 Å². The van der Waals surface area contributed by atoms with E-state index in [1.807, 2.05) is 6.08 Å². The Bertz CT molecular complexity index is 331. The fourth-order valence-electron chi connectivity index (χ4n) is 0.926. The summed E-state index contributed by atoms with van der Waals surface area (Å²) >= 11 is 8.43. The van der Waals surface area contributed by atoms with Crippen molar-refractivity contribution in [3.05, 3.63) is 35.3 Å². The Morgan fingerprint density at radius 3 is 2.79 bits per heavy atom. The van der Waals surface area contributed by atoms with Crippen LogP contribution in [0.5, 0.6) is 0 Å². The molecule has 1 rings (SSSR count). The first-order valence-corrected chi connectivity index (χ1v) is 5.02. The molecule has 4 heteroatoms. The molecule has 0 spiro atoms. The summed E-state index contributed by atoms with van der Waals surface area (Å²) in [4.78, 5) is 11.2. The van der Waals surface area contributed by atoms with E-state index in [-0.39, 0.29) is 0 Å². The lowest BCUT2D eigenvalue weighted by atomic mass is 10.1. The molecule has 0 radical (unpaired) electrons. The zero-order chi connectivity index (χ0) is 10.8. The Kier molecular flexibility index (Phi) is 3.50. The lowest BCUT2D eigenvalue weighted by molar-refractivity contribution is -0.143. The van der Waals surface area contributed by atoms with Gasteiger partial charge in [-0.3, -0.25) is 0 Å². The van der Waals surface area contributed by atoms with Crippen LogP contribution in [0.2, 0.25) is 0 Å². The molecule has 1 unspecified atom stereocenters. The molecular weight excluding hydrogens is 216 g/mol. The first-order chi connectivity index (χ1) is 6.43. The van der Waals surface area contributed by atoms with E-state index in [0.29, 0.717) is 12.0 Å². The lowest BCUT2D eigenvalue weighted by Gasteiger charge is -2.26. The van der Waals surface area contributed by atoms with Crippen LogP contribution in [0, 0.1) is 0 Å². The van der Waals surface area contributed by atoms with Gasteiger partial charge in [-0.1, -0.05) is 12.7 Å². The topological polar surface area (TPSA) is 26.3 Å². The maximum Gasteiger partial charge on any atom is 0.334 e. The number of ether oxygens (including phenoxy) is 1. The van der Waals surface area contributed by atoms with Crippen LogP contribution in [0.3, 0.4) is 0 Å². The van der Waals surface area contributed by atoms with Gasteiger partial charge >= 0.3 is 5.97 Å². The molecule has 0 N–H and O–H groups in total. The highest BCUT2D eigenvalue weighted by Gasteiger charge is 2.27. The molecule has 0 fully saturated rings. The highest BCUT2D eigenvalue weighted by Crippen LogP contribution is 2.30. The maximum absolute atomic E-state index is 11.3. The molecule has 0 aromatic heterocycles. The monoisotopic (exact) mass is 228 g/mol. The van der Waals surface area contributed by atoms with Crippen LogP contribution in [0.4, 0.5) is 0 Å². The van der Waals surface area contributed by atoms with Gasteiger partial charge in [0, 0.05) is 16.9 Å². The Balaban J connectivity index is 2.66. The average molecular weight is 228 g/mol. The van der Waals surface area contributed by atoms with Crippen molar-refractivity contribution in [3.63, 3.8) is 0 Å². The zero-order valence-electron chi connectivity index (χ0n) is 7.86. The maximum atomic E-state index is 11.3. The van der Waals surface area contributed by atoms with Crippen molar-refractivity contribution in [2.75, 3.05) is 0 Å². The normalized spacial score (nSPS) is 25.5. The Labute approximate surface area is 94.5 Å². The fourth-order valence-corrected chi connectivity index (χ4v) is 1.34. The molecule has 0 saturated heterocycles. The highest BCUT2D eigenvalue weighted by atomic mass is 32.1. The summed E-state index contributed by atoms with van der Waals surface area (Å²) in [6, 6.07) is 0. The lowest BCUT2D eigenvalue weighted by Crippen LogP contribution is -2.27. The molecule has 0 aromatic carbocycles. The van der Waals surface area contributed by atoms with Crippen molar-refractivity contribution in [1.29, 1.82) is 0 Å². The van der Waals surface area contributed by atoms with Crippen molar-refractivity contribution in [2.45, 2.75) is 18.3 Å². The highest BCUT2D eigenvalue weighted by molar-refractivity contribution is 7.84. The van der Waals surface area contributed by atoms with Crippen molar-refractivity contribution in [1.82, 2.24) is 0 Å². The molecule has 0 aromatic rings. The van der Waals surface area contributed by atoms with Gasteiger partial charge in [0.2, 0.25) is 0 Å². The first-order valence-electron chi connectivity index (χ1n) is 4.12. The average Bonchev–Trinajstić information content (AvgIpc) is 2.10. The van der Waals surface area contributed by atoms with Crippen molar-refractivity contribution in [2.24, 2.45) is 0 Å². The van der Waals surface area contributed by atoms with Crippen LogP contribution in [-0.2, 0) is 9.53 Å². The molecule has 0 amide bonds. The molecular formula is C10H12O2S2. The number of rotatable bonds is 2. The Morgan fingerprint density at radius 1 is 1.71 bits per heavy atom. The summed E-state index contributed by atoms with van der Waals surface area (Å²) in [7, 11) is 0. The van der Waals surface area contributed by atoms with Crippen molar-refractivity contribution in [3.8, 4) is 0 Å². The van der Waals surface area contributed by atoms with Crippen LogP contribution in [-0.4, -0.2) is 10.9 Å². The summed E-state index contributed by atoms with van der Waals surface area (Å²) in [6.07, 6.45) is 5.83. The van der Waals surface area contributed by atoms with E-state index in [1.54, 1.807) is 19.1 Å². The number of esters is 1. The zero-order valence-corrected chi connectivity index (χ0v) is 9.65. The number of carbonyl (C=O) groups excluding carboxylic acids is 1. The van der Waals surface area contributed by atoms with E-state index in [0.717, 1.165) is 4.91 Å². The number of hydrogen-bond acceptors (Lipinski definition) is 4. The van der Waals surface area contributed by atoms with Gasteiger partial charge < -0.3 is 4.74 Å². The third kappa shape index (κ3) is 2.96. The number of thiol groups is 2. The SMILES string of the molecule is C=C(C)C(=O)OC1(S)C=CC(S)=CC1. The Hall–Kier alpha value is -0.610. The quantitative estimate of drug-likeness (QED) is 0.329. The van der Waals surface area contributed by atoms with Crippen LogP contribution in [0.1, 0.15) is 13.3 Å². The van der Waals surface area contributed by atoms with Gasteiger partial charge in [-0.2, -0.15) is 0 Å². The molecule has 0 heterocycles. The second-order valence-electron chi connectivity index (χ2n) is 3.18. The standard InChI is InChI=1S/C10H12O2S2/c1-7(2)9(11)12-10(14)5-3-8(13)4-6-10/h3-5,13-14H,1,6H2,2H3. The van der Waals surface area contributed by atoms with Crippen molar-refractivity contribution < 1.29 is 9.53 Å². The van der Waals surface area contributed by atoms with E-state index in [4.69, 9.17) is 4.74 Å². The molecule has 1 aliphatic rings. The number of hydrogen-bond donors (Lipinski definition) is 2. The van der Waals surface area contributed by atoms with E-state index < -0.39 is 10.9 Å². The number of carbonyl (C=O) groups is 1. The van der Waals surface area contributed by atoms with Gasteiger partial charge in [-0.25, -0.2) is 4.79 Å². The molecule has 1 aliphatic carbocycles.